The fourth-order valence-electron chi connectivity index (χ4n) is 4.46. The van der Waals surface area contributed by atoms with Gasteiger partial charge < -0.3 is 24.6 Å². The second-order valence-corrected chi connectivity index (χ2v) is 8.54. The van der Waals surface area contributed by atoms with Gasteiger partial charge in [-0.2, -0.15) is 0 Å². The van der Waals surface area contributed by atoms with E-state index in [1.54, 1.807) is 19.1 Å². The highest BCUT2D eigenvalue weighted by atomic mass is 16.5. The van der Waals surface area contributed by atoms with E-state index in [1.165, 1.54) is 0 Å². The van der Waals surface area contributed by atoms with E-state index in [-0.39, 0.29) is 24.5 Å². The van der Waals surface area contributed by atoms with Gasteiger partial charge in [-0.3, -0.25) is 4.79 Å². The molecule has 178 valence electrons. The number of nitrogens with one attached hydrogen (secondary N) is 1. The second-order valence-electron chi connectivity index (χ2n) is 8.54. The summed E-state index contributed by atoms with van der Waals surface area (Å²) in [5, 5.41) is 3.01. The third-order valence-electron chi connectivity index (χ3n) is 6.33. The van der Waals surface area contributed by atoms with Crippen molar-refractivity contribution in [2.45, 2.75) is 46.6 Å². The van der Waals surface area contributed by atoms with E-state index < -0.39 is 0 Å². The third-order valence-corrected chi connectivity index (χ3v) is 6.33. The zero-order valence-electron chi connectivity index (χ0n) is 20.5. The molecular formula is C26H35N3O4. The summed E-state index contributed by atoms with van der Waals surface area (Å²) in [6.07, 6.45) is 1.50. The Kier molecular flexibility index (Phi) is 7.84. The number of ether oxygens (including phenoxy) is 2. The molecule has 0 aliphatic carbocycles. The molecule has 1 aliphatic heterocycles. The number of rotatable bonds is 7. The van der Waals surface area contributed by atoms with E-state index >= 15 is 0 Å². The van der Waals surface area contributed by atoms with Gasteiger partial charge in [-0.15, -0.1) is 0 Å². The van der Waals surface area contributed by atoms with Crippen LogP contribution >= 0.6 is 0 Å². The number of amides is 3. The Bertz CT molecular complexity index is 1000. The molecule has 1 heterocycles. The monoisotopic (exact) mass is 453 g/mol. The van der Waals surface area contributed by atoms with Crippen molar-refractivity contribution in [3.05, 3.63) is 52.6 Å². The molecule has 1 aliphatic rings. The van der Waals surface area contributed by atoms with Crippen molar-refractivity contribution < 1.29 is 19.1 Å². The molecule has 1 unspecified atom stereocenters. The van der Waals surface area contributed by atoms with Gasteiger partial charge in [0.25, 0.3) is 0 Å². The van der Waals surface area contributed by atoms with Crippen LogP contribution in [0.1, 0.15) is 48.6 Å². The zero-order chi connectivity index (χ0) is 24.1. The Morgan fingerprint density at radius 2 is 1.76 bits per heavy atom. The van der Waals surface area contributed by atoms with Crippen molar-refractivity contribution in [3.63, 3.8) is 0 Å². The number of hydrogen-bond acceptors (Lipinski definition) is 4. The van der Waals surface area contributed by atoms with Crippen LogP contribution in [0.2, 0.25) is 0 Å². The lowest BCUT2D eigenvalue weighted by Gasteiger charge is -2.37. The molecule has 0 saturated carbocycles. The van der Waals surface area contributed by atoms with E-state index in [9.17, 15) is 9.59 Å². The van der Waals surface area contributed by atoms with Gasteiger partial charge in [0.05, 0.1) is 20.3 Å². The van der Waals surface area contributed by atoms with Crippen LogP contribution < -0.4 is 14.8 Å². The lowest BCUT2D eigenvalue weighted by Crippen LogP contribution is -2.47. The lowest BCUT2D eigenvalue weighted by atomic mass is 9.92. The van der Waals surface area contributed by atoms with Crippen molar-refractivity contribution in [2.75, 3.05) is 39.2 Å². The first kappa shape index (κ1) is 24.4. The molecule has 1 atom stereocenters. The maximum atomic E-state index is 13.3. The quantitative estimate of drug-likeness (QED) is 0.659. The topological polar surface area (TPSA) is 71.1 Å². The minimum Gasteiger partial charge on any atom is -0.493 e. The Morgan fingerprint density at radius 1 is 1.12 bits per heavy atom. The molecule has 0 bridgehead atoms. The van der Waals surface area contributed by atoms with E-state index in [0.717, 1.165) is 40.8 Å². The van der Waals surface area contributed by atoms with Crippen LogP contribution in [-0.2, 0) is 11.2 Å². The summed E-state index contributed by atoms with van der Waals surface area (Å²) < 4.78 is 10.9. The summed E-state index contributed by atoms with van der Waals surface area (Å²) in [5.74, 6) is 1.28. The number of urea groups is 1. The van der Waals surface area contributed by atoms with Gasteiger partial charge >= 0.3 is 6.03 Å². The van der Waals surface area contributed by atoms with Crippen LogP contribution in [-0.4, -0.2) is 55.6 Å². The number of para-hydroxylation sites is 1. The van der Waals surface area contributed by atoms with Crippen molar-refractivity contribution in [2.24, 2.45) is 0 Å². The van der Waals surface area contributed by atoms with Gasteiger partial charge in [-0.05, 0) is 68.0 Å². The molecule has 1 N–H and O–H groups in total. The fraction of sp³-hybridized carbons (Fsp3) is 0.462. The SMILES string of the molecule is CCCN(CC(=O)N1CCc2cc(OC)c(OC)cc2C1C)C(=O)Nc1c(C)cccc1C. The Hall–Kier alpha value is -3.22. The summed E-state index contributed by atoms with van der Waals surface area (Å²) in [4.78, 5) is 29.8. The molecule has 0 spiro atoms. The van der Waals surface area contributed by atoms with Gasteiger partial charge in [-0.25, -0.2) is 4.79 Å². The number of benzene rings is 2. The zero-order valence-corrected chi connectivity index (χ0v) is 20.5. The van der Waals surface area contributed by atoms with Crippen molar-refractivity contribution in [1.82, 2.24) is 9.80 Å². The normalized spacial score (nSPS) is 15.0. The number of carbonyl (C=O) groups is 2. The largest absolute Gasteiger partial charge is 0.493 e. The fourth-order valence-corrected chi connectivity index (χ4v) is 4.46. The highest BCUT2D eigenvalue weighted by molar-refractivity contribution is 5.93. The standard InChI is InChI=1S/C26H35N3O4/c1-7-12-28(26(31)27-25-17(2)9-8-10-18(25)3)16-24(30)29-13-11-20-14-22(32-5)23(33-6)15-21(20)19(29)4/h8-10,14-15,19H,7,11-13,16H2,1-6H3,(H,27,31). The molecule has 2 aromatic rings. The molecule has 3 rings (SSSR count). The van der Waals surface area contributed by atoms with Crippen LogP contribution in [0.25, 0.3) is 0 Å². The van der Waals surface area contributed by atoms with Crippen molar-refractivity contribution >= 4 is 17.6 Å². The molecule has 33 heavy (non-hydrogen) atoms. The third kappa shape index (κ3) is 5.24. The van der Waals surface area contributed by atoms with Crippen LogP contribution in [0.5, 0.6) is 11.5 Å². The lowest BCUT2D eigenvalue weighted by molar-refractivity contribution is -0.134. The van der Waals surface area contributed by atoms with Crippen LogP contribution in [0, 0.1) is 13.8 Å². The number of aryl methyl sites for hydroxylation is 2. The van der Waals surface area contributed by atoms with E-state index in [2.05, 4.69) is 5.32 Å². The van der Waals surface area contributed by atoms with Gasteiger partial charge in [0.2, 0.25) is 5.91 Å². The van der Waals surface area contributed by atoms with Gasteiger partial charge in [0, 0.05) is 18.8 Å². The number of fused-ring (bicyclic) bond motifs is 1. The minimum absolute atomic E-state index is 0.0393. The van der Waals surface area contributed by atoms with E-state index in [4.69, 9.17) is 9.47 Å². The van der Waals surface area contributed by atoms with Gasteiger partial charge in [0.15, 0.2) is 11.5 Å². The van der Waals surface area contributed by atoms with Crippen LogP contribution in [0.4, 0.5) is 10.5 Å². The van der Waals surface area contributed by atoms with Gasteiger partial charge in [-0.1, -0.05) is 25.1 Å². The predicted molar refractivity (Wildman–Crippen MR) is 130 cm³/mol. The molecule has 0 aromatic heterocycles. The Balaban J connectivity index is 1.76. The molecular weight excluding hydrogens is 418 g/mol. The minimum atomic E-state index is -0.251. The summed E-state index contributed by atoms with van der Waals surface area (Å²) in [5.41, 5.74) is 5.00. The molecule has 3 amide bonds. The molecule has 0 fully saturated rings. The molecule has 0 saturated heterocycles. The van der Waals surface area contributed by atoms with E-state index in [0.29, 0.717) is 24.6 Å². The summed E-state index contributed by atoms with van der Waals surface area (Å²) >= 11 is 0. The predicted octanol–water partition coefficient (Wildman–Crippen LogP) is 4.71. The average molecular weight is 454 g/mol. The number of carbonyl (C=O) groups excluding carboxylic acids is 2. The van der Waals surface area contributed by atoms with Crippen molar-refractivity contribution in [3.8, 4) is 11.5 Å². The first-order valence-electron chi connectivity index (χ1n) is 11.5. The molecule has 7 nitrogen and oxygen atoms in total. The number of nitrogens with zero attached hydrogens (tertiary/aromatic N) is 2. The second kappa shape index (κ2) is 10.6. The highest BCUT2D eigenvalue weighted by Gasteiger charge is 2.30. The molecule has 2 aromatic carbocycles. The highest BCUT2D eigenvalue weighted by Crippen LogP contribution is 2.38. The van der Waals surface area contributed by atoms with Gasteiger partial charge in [0.1, 0.15) is 6.54 Å². The smallest absolute Gasteiger partial charge is 0.322 e. The number of methoxy groups -OCH3 is 2. The maximum absolute atomic E-state index is 13.3. The Morgan fingerprint density at radius 3 is 2.36 bits per heavy atom. The van der Waals surface area contributed by atoms with E-state index in [1.807, 2.05) is 62.9 Å². The average Bonchev–Trinajstić information content (AvgIpc) is 2.80. The molecule has 7 heteroatoms. The van der Waals surface area contributed by atoms with Crippen LogP contribution in [0.3, 0.4) is 0 Å². The summed E-state index contributed by atoms with van der Waals surface area (Å²) in [7, 11) is 3.23. The maximum Gasteiger partial charge on any atom is 0.322 e. The Labute approximate surface area is 196 Å². The number of anilines is 1. The first-order chi connectivity index (χ1) is 15.8. The molecule has 0 radical (unpaired) electrons. The van der Waals surface area contributed by atoms with Crippen LogP contribution in [0.15, 0.2) is 30.3 Å². The number of hydrogen-bond donors (Lipinski definition) is 1. The van der Waals surface area contributed by atoms with Crippen molar-refractivity contribution in [1.29, 1.82) is 0 Å². The summed E-state index contributed by atoms with van der Waals surface area (Å²) in [6.45, 7) is 9.10. The summed E-state index contributed by atoms with van der Waals surface area (Å²) in [6, 6.07) is 9.48. The first-order valence-corrected chi connectivity index (χ1v) is 11.5.